The van der Waals surface area contributed by atoms with Gasteiger partial charge in [0.1, 0.15) is 0 Å². The molecule has 0 spiro atoms. The van der Waals surface area contributed by atoms with E-state index in [0.29, 0.717) is 19.4 Å². The average molecular weight is 1210 g/mol. The first-order valence-electron chi connectivity index (χ1n) is 39.3. The van der Waals surface area contributed by atoms with Crippen molar-refractivity contribution in [2.24, 2.45) is 0 Å². The Morgan fingerprint density at radius 1 is 0.314 bits per heavy atom. The third-order valence-corrected chi connectivity index (χ3v) is 18.4. The van der Waals surface area contributed by atoms with Crippen molar-refractivity contribution in [3.8, 4) is 0 Å². The van der Waals surface area contributed by atoms with Crippen LogP contribution in [-0.4, -0.2) is 47.4 Å². The number of carbonyl (C=O) groups is 2. The van der Waals surface area contributed by atoms with Gasteiger partial charge in [0.15, 0.2) is 0 Å². The Balaban J connectivity index is 3.38. The van der Waals surface area contributed by atoms with Crippen LogP contribution in [0.1, 0.15) is 438 Å². The van der Waals surface area contributed by atoms with E-state index in [4.69, 9.17) is 4.74 Å². The summed E-state index contributed by atoms with van der Waals surface area (Å²) in [6.07, 6.45) is 98.3. The molecular formula is C80H153NO5. The molecule has 1 amide bonds. The number of ether oxygens (including phenoxy) is 1. The molecule has 6 nitrogen and oxygen atoms in total. The summed E-state index contributed by atoms with van der Waals surface area (Å²) >= 11 is 0. The van der Waals surface area contributed by atoms with E-state index in [-0.39, 0.29) is 18.5 Å². The van der Waals surface area contributed by atoms with Crippen LogP contribution in [0.5, 0.6) is 0 Å². The summed E-state index contributed by atoms with van der Waals surface area (Å²) < 4.78 is 5.50. The van der Waals surface area contributed by atoms with E-state index in [9.17, 15) is 19.8 Å². The fourth-order valence-electron chi connectivity index (χ4n) is 12.4. The molecule has 0 saturated heterocycles. The Hall–Kier alpha value is -1.92. The van der Waals surface area contributed by atoms with Crippen molar-refractivity contribution >= 4 is 11.9 Å². The van der Waals surface area contributed by atoms with E-state index in [1.807, 2.05) is 6.08 Å². The second-order valence-electron chi connectivity index (χ2n) is 27.0. The molecule has 0 rings (SSSR count). The fourth-order valence-corrected chi connectivity index (χ4v) is 12.4. The first kappa shape index (κ1) is 84.1. The lowest BCUT2D eigenvalue weighted by Gasteiger charge is -2.20. The van der Waals surface area contributed by atoms with E-state index in [1.165, 1.54) is 366 Å². The number of carbonyl (C=O) groups excluding carboxylic acids is 2. The van der Waals surface area contributed by atoms with Crippen LogP contribution in [-0.2, 0) is 14.3 Å². The van der Waals surface area contributed by atoms with Gasteiger partial charge in [-0.15, -0.1) is 0 Å². The largest absolute Gasteiger partial charge is 0.466 e. The highest BCUT2D eigenvalue weighted by molar-refractivity contribution is 5.76. The van der Waals surface area contributed by atoms with Gasteiger partial charge in [-0.3, -0.25) is 9.59 Å². The normalized spacial score (nSPS) is 12.7. The van der Waals surface area contributed by atoms with E-state index >= 15 is 0 Å². The van der Waals surface area contributed by atoms with Crippen LogP contribution in [0.3, 0.4) is 0 Å². The summed E-state index contributed by atoms with van der Waals surface area (Å²) in [5.41, 5.74) is 0. The number of aliphatic hydroxyl groups excluding tert-OH is 2. The molecule has 0 aromatic carbocycles. The summed E-state index contributed by atoms with van der Waals surface area (Å²) in [6, 6.07) is -0.627. The van der Waals surface area contributed by atoms with Crippen LogP contribution in [0.25, 0.3) is 0 Å². The second-order valence-corrected chi connectivity index (χ2v) is 27.0. The maximum Gasteiger partial charge on any atom is 0.305 e. The number of nitrogens with one attached hydrogen (secondary N) is 1. The number of hydrogen-bond acceptors (Lipinski definition) is 5. The van der Waals surface area contributed by atoms with Gasteiger partial charge in [0, 0.05) is 12.8 Å². The van der Waals surface area contributed by atoms with Crippen molar-refractivity contribution in [1.82, 2.24) is 5.32 Å². The van der Waals surface area contributed by atoms with Gasteiger partial charge < -0.3 is 20.3 Å². The van der Waals surface area contributed by atoms with Crippen LogP contribution < -0.4 is 5.32 Å². The van der Waals surface area contributed by atoms with Crippen LogP contribution in [0.15, 0.2) is 36.5 Å². The van der Waals surface area contributed by atoms with Crippen LogP contribution >= 0.6 is 0 Å². The zero-order valence-electron chi connectivity index (χ0n) is 58.3. The summed E-state index contributed by atoms with van der Waals surface area (Å²) in [5, 5.41) is 23.3. The molecule has 86 heavy (non-hydrogen) atoms. The number of aliphatic hydroxyl groups is 2. The Morgan fingerprint density at radius 2 is 0.547 bits per heavy atom. The number of amides is 1. The predicted octanol–water partition coefficient (Wildman–Crippen LogP) is 25.8. The van der Waals surface area contributed by atoms with Gasteiger partial charge in [0.25, 0.3) is 0 Å². The molecule has 0 aromatic heterocycles. The molecule has 0 fully saturated rings. The minimum absolute atomic E-state index is 0.0113. The van der Waals surface area contributed by atoms with E-state index < -0.39 is 12.1 Å². The molecule has 0 bridgehead atoms. The molecular weight excluding hydrogens is 1050 g/mol. The lowest BCUT2D eigenvalue weighted by molar-refractivity contribution is -0.143. The smallest absolute Gasteiger partial charge is 0.305 e. The van der Waals surface area contributed by atoms with Gasteiger partial charge in [-0.25, -0.2) is 0 Å². The number of esters is 1. The minimum Gasteiger partial charge on any atom is -0.466 e. The SMILES string of the molecule is CCCCCCCCC/C=C\CCCCCCCC(=O)OCCCCCCCCCCCCCC/C=C\CCCCCCCCCCCCCCCCCCC(=O)NC(CO)C(O)/C=C/CCCCCCCCCCCCCCCCCCCCC. The summed E-state index contributed by atoms with van der Waals surface area (Å²) in [4.78, 5) is 24.6. The highest BCUT2D eigenvalue weighted by atomic mass is 16.5. The van der Waals surface area contributed by atoms with E-state index in [2.05, 4.69) is 43.5 Å². The molecule has 3 N–H and O–H groups in total. The van der Waals surface area contributed by atoms with Gasteiger partial charge in [-0.05, 0) is 83.5 Å². The monoisotopic (exact) mass is 1210 g/mol. The van der Waals surface area contributed by atoms with Gasteiger partial charge in [0.05, 0.1) is 25.4 Å². The quantitative estimate of drug-likeness (QED) is 0.0320. The number of hydrogen-bond donors (Lipinski definition) is 3. The fraction of sp³-hybridized carbons (Fsp3) is 0.900. The van der Waals surface area contributed by atoms with Crippen molar-refractivity contribution in [3.05, 3.63) is 36.5 Å². The first-order valence-corrected chi connectivity index (χ1v) is 39.3. The third-order valence-electron chi connectivity index (χ3n) is 18.4. The van der Waals surface area contributed by atoms with E-state index in [1.54, 1.807) is 6.08 Å². The maximum atomic E-state index is 12.5. The molecule has 0 aliphatic rings. The summed E-state index contributed by atoms with van der Waals surface area (Å²) in [5.74, 6) is -0.0498. The van der Waals surface area contributed by atoms with Crippen molar-refractivity contribution in [3.63, 3.8) is 0 Å². The van der Waals surface area contributed by atoms with Crippen molar-refractivity contribution in [1.29, 1.82) is 0 Å². The zero-order chi connectivity index (χ0) is 62.0. The minimum atomic E-state index is -0.844. The van der Waals surface area contributed by atoms with Crippen molar-refractivity contribution in [2.75, 3.05) is 13.2 Å². The van der Waals surface area contributed by atoms with Gasteiger partial charge in [-0.1, -0.05) is 378 Å². The third kappa shape index (κ3) is 71.2. The number of rotatable bonds is 74. The predicted molar refractivity (Wildman–Crippen MR) is 379 cm³/mol. The van der Waals surface area contributed by atoms with Crippen LogP contribution in [0, 0.1) is 0 Å². The highest BCUT2D eigenvalue weighted by Gasteiger charge is 2.18. The molecule has 0 heterocycles. The lowest BCUT2D eigenvalue weighted by atomic mass is 10.0. The van der Waals surface area contributed by atoms with Crippen LogP contribution in [0.4, 0.5) is 0 Å². The molecule has 0 aromatic rings. The van der Waals surface area contributed by atoms with Gasteiger partial charge in [-0.2, -0.15) is 0 Å². The Labute approximate surface area is 538 Å². The standard InChI is InChI=1S/C80H153NO5/c1-3-5-7-9-11-13-15-17-19-21-22-35-38-41-44-48-52-56-60-64-68-72-78(83)77(76-82)81-79(84)73-69-65-61-57-53-49-45-42-39-36-33-31-29-27-25-23-24-26-28-30-32-34-37-40-43-47-51-55-59-63-67-71-75-86-80(85)74-70-66-62-58-54-50-46-20-18-16-14-12-10-8-6-4-2/h20,26,28,46,68,72,77-78,82-83H,3-19,21-25,27,29-45,47-67,69-71,73-76H2,1-2H3,(H,81,84)/b28-26-,46-20-,72-68+. The van der Waals surface area contributed by atoms with E-state index in [0.717, 1.165) is 44.9 Å². The molecule has 0 aliphatic heterocycles. The topological polar surface area (TPSA) is 95.9 Å². The molecule has 2 unspecified atom stereocenters. The molecule has 6 heteroatoms. The van der Waals surface area contributed by atoms with Gasteiger partial charge in [0.2, 0.25) is 5.91 Å². The lowest BCUT2D eigenvalue weighted by Crippen LogP contribution is -2.45. The summed E-state index contributed by atoms with van der Waals surface area (Å²) in [7, 11) is 0. The molecule has 508 valence electrons. The maximum absolute atomic E-state index is 12.5. The zero-order valence-corrected chi connectivity index (χ0v) is 58.3. The first-order chi connectivity index (χ1) is 42.5. The van der Waals surface area contributed by atoms with Crippen LogP contribution in [0.2, 0.25) is 0 Å². The Bertz CT molecular complexity index is 1390. The Kier molecular flexibility index (Phi) is 73.9. The highest BCUT2D eigenvalue weighted by Crippen LogP contribution is 2.19. The van der Waals surface area contributed by atoms with Crippen molar-refractivity contribution in [2.45, 2.75) is 450 Å². The Morgan fingerprint density at radius 3 is 0.826 bits per heavy atom. The van der Waals surface area contributed by atoms with Crippen molar-refractivity contribution < 1.29 is 24.5 Å². The second kappa shape index (κ2) is 75.5. The summed E-state index contributed by atoms with van der Waals surface area (Å²) in [6.45, 7) is 4.94. The molecule has 2 atom stereocenters. The molecule has 0 radical (unpaired) electrons. The molecule has 0 saturated carbocycles. The van der Waals surface area contributed by atoms with Gasteiger partial charge >= 0.3 is 5.97 Å². The number of allylic oxidation sites excluding steroid dienone is 5. The number of unbranched alkanes of at least 4 members (excludes halogenated alkanes) is 59. The average Bonchev–Trinajstić information content (AvgIpc) is 3.53. The molecule has 0 aliphatic carbocycles.